The van der Waals surface area contributed by atoms with Gasteiger partial charge < -0.3 is 4.90 Å². The number of amides is 1. The maximum absolute atomic E-state index is 13.3. The van der Waals surface area contributed by atoms with Crippen molar-refractivity contribution in [3.63, 3.8) is 0 Å². The lowest BCUT2D eigenvalue weighted by molar-refractivity contribution is 0.0746. The quantitative estimate of drug-likeness (QED) is 0.738. The van der Waals surface area contributed by atoms with Gasteiger partial charge in [0.15, 0.2) is 5.82 Å². The molecule has 1 heterocycles. The maximum atomic E-state index is 13.3. The Hall–Kier alpha value is -1.52. The predicted molar refractivity (Wildman–Crippen MR) is 53.9 cm³/mol. The molecule has 0 atom stereocenters. The van der Waals surface area contributed by atoms with E-state index in [0.717, 1.165) is 19.0 Å². The van der Waals surface area contributed by atoms with Crippen LogP contribution in [0.25, 0.3) is 0 Å². The number of hydrogen-bond donors (Lipinski definition) is 0. The summed E-state index contributed by atoms with van der Waals surface area (Å²) in [7, 11) is 0. The Balaban J connectivity index is 2.28. The van der Waals surface area contributed by atoms with Crippen molar-refractivity contribution in [3.8, 4) is 0 Å². The fourth-order valence-electron chi connectivity index (χ4n) is 1.69. The molecule has 3 nitrogen and oxygen atoms in total. The summed E-state index contributed by atoms with van der Waals surface area (Å²) in [6, 6.07) is 1.40. The zero-order chi connectivity index (χ0) is 11.7. The van der Waals surface area contributed by atoms with Gasteiger partial charge in [-0.15, -0.1) is 0 Å². The van der Waals surface area contributed by atoms with Crippen LogP contribution in [0.2, 0.25) is 0 Å². The minimum absolute atomic E-state index is 0.188. The summed E-state index contributed by atoms with van der Waals surface area (Å²) in [5.74, 6) is -2.84. The first kappa shape index (κ1) is 11.0. The molecule has 1 aromatic heterocycles. The fraction of sp³-hybridized carbons (Fsp3) is 0.455. The molecule has 1 fully saturated rings. The molecule has 0 spiro atoms. The van der Waals surface area contributed by atoms with Crippen molar-refractivity contribution in [2.45, 2.75) is 25.8 Å². The maximum Gasteiger partial charge on any atom is 0.257 e. The third kappa shape index (κ3) is 1.89. The molecular formula is C11H12F2N2O. The average Bonchev–Trinajstić information content (AvgIpc) is 3.07. The monoisotopic (exact) mass is 226 g/mol. The van der Waals surface area contributed by atoms with Crippen molar-refractivity contribution in [2.75, 3.05) is 6.54 Å². The van der Waals surface area contributed by atoms with Crippen LogP contribution in [0.1, 0.15) is 30.1 Å². The highest BCUT2D eigenvalue weighted by atomic mass is 19.2. The molecular weight excluding hydrogens is 214 g/mol. The van der Waals surface area contributed by atoms with Crippen LogP contribution < -0.4 is 0 Å². The van der Waals surface area contributed by atoms with Gasteiger partial charge in [-0.1, -0.05) is 0 Å². The average molecular weight is 226 g/mol. The van der Waals surface area contributed by atoms with Crippen LogP contribution in [0.5, 0.6) is 0 Å². The SMILES string of the molecule is CCN(C(=O)c1ccnc(F)c1F)C1CC1. The van der Waals surface area contributed by atoms with Gasteiger partial charge in [-0.2, -0.15) is 4.39 Å². The number of rotatable bonds is 3. The van der Waals surface area contributed by atoms with Crippen molar-refractivity contribution < 1.29 is 13.6 Å². The molecule has 0 N–H and O–H groups in total. The molecule has 5 heteroatoms. The summed E-state index contributed by atoms with van der Waals surface area (Å²) < 4.78 is 26.2. The zero-order valence-corrected chi connectivity index (χ0v) is 8.91. The van der Waals surface area contributed by atoms with Crippen LogP contribution in [0, 0.1) is 11.8 Å². The third-order valence-corrected chi connectivity index (χ3v) is 2.67. The van der Waals surface area contributed by atoms with E-state index in [1.165, 1.54) is 6.07 Å². The Kier molecular flexibility index (Phi) is 2.85. The smallest absolute Gasteiger partial charge is 0.257 e. The molecule has 86 valence electrons. The first-order valence-electron chi connectivity index (χ1n) is 5.26. The van der Waals surface area contributed by atoms with Crippen LogP contribution in [0.3, 0.4) is 0 Å². The summed E-state index contributed by atoms with van der Waals surface area (Å²) in [4.78, 5) is 16.6. The number of carbonyl (C=O) groups is 1. The molecule has 1 aliphatic rings. The minimum atomic E-state index is -1.22. The van der Waals surface area contributed by atoms with Crippen LogP contribution in [0.15, 0.2) is 12.3 Å². The van der Waals surface area contributed by atoms with Gasteiger partial charge in [0.2, 0.25) is 5.95 Å². The Morgan fingerprint density at radius 1 is 1.56 bits per heavy atom. The van der Waals surface area contributed by atoms with Crippen molar-refractivity contribution in [1.29, 1.82) is 0 Å². The number of aromatic nitrogens is 1. The first-order valence-corrected chi connectivity index (χ1v) is 5.26. The minimum Gasteiger partial charge on any atom is -0.336 e. The number of halogens is 2. The van der Waals surface area contributed by atoms with Gasteiger partial charge in [0.05, 0.1) is 5.56 Å². The van der Waals surface area contributed by atoms with Gasteiger partial charge in [0, 0.05) is 18.8 Å². The molecule has 0 bridgehead atoms. The first-order chi connectivity index (χ1) is 7.65. The van der Waals surface area contributed by atoms with Gasteiger partial charge in [-0.25, -0.2) is 9.37 Å². The molecule has 1 aliphatic carbocycles. The van der Waals surface area contributed by atoms with E-state index in [-0.39, 0.29) is 11.6 Å². The van der Waals surface area contributed by atoms with Gasteiger partial charge in [-0.3, -0.25) is 4.79 Å². The molecule has 0 aromatic carbocycles. The van der Waals surface area contributed by atoms with Gasteiger partial charge in [0.1, 0.15) is 0 Å². The highest BCUT2D eigenvalue weighted by molar-refractivity contribution is 5.94. The van der Waals surface area contributed by atoms with Crippen LogP contribution in [0.4, 0.5) is 8.78 Å². The highest BCUT2D eigenvalue weighted by Gasteiger charge is 2.33. The molecule has 0 radical (unpaired) electrons. The summed E-state index contributed by atoms with van der Waals surface area (Å²) >= 11 is 0. The molecule has 1 aromatic rings. The van der Waals surface area contributed by atoms with E-state index in [1.54, 1.807) is 4.90 Å². The van der Waals surface area contributed by atoms with E-state index in [4.69, 9.17) is 0 Å². The van der Waals surface area contributed by atoms with E-state index in [2.05, 4.69) is 4.98 Å². The lowest BCUT2D eigenvalue weighted by atomic mass is 10.2. The largest absolute Gasteiger partial charge is 0.336 e. The lowest BCUT2D eigenvalue weighted by Crippen LogP contribution is -2.33. The standard InChI is InChI=1S/C11H12F2N2O/c1-2-15(7-3-4-7)11(16)8-5-6-14-10(13)9(8)12/h5-7H,2-4H2,1H3. The van der Waals surface area contributed by atoms with Crippen LogP contribution in [-0.4, -0.2) is 28.4 Å². The normalized spacial score (nSPS) is 14.9. The Morgan fingerprint density at radius 3 is 2.81 bits per heavy atom. The summed E-state index contributed by atoms with van der Waals surface area (Å²) in [6.07, 6.45) is 2.98. The summed E-state index contributed by atoms with van der Waals surface area (Å²) in [6.45, 7) is 2.33. The fourth-order valence-corrected chi connectivity index (χ4v) is 1.69. The number of nitrogens with zero attached hydrogens (tertiary/aromatic N) is 2. The van der Waals surface area contributed by atoms with E-state index in [9.17, 15) is 13.6 Å². The lowest BCUT2D eigenvalue weighted by Gasteiger charge is -2.20. The van der Waals surface area contributed by atoms with Crippen molar-refractivity contribution in [1.82, 2.24) is 9.88 Å². The molecule has 0 aliphatic heterocycles. The zero-order valence-electron chi connectivity index (χ0n) is 8.91. The molecule has 0 unspecified atom stereocenters. The number of pyridine rings is 1. The van der Waals surface area contributed by atoms with Crippen LogP contribution in [-0.2, 0) is 0 Å². The number of hydrogen-bond acceptors (Lipinski definition) is 2. The second-order valence-electron chi connectivity index (χ2n) is 3.79. The Morgan fingerprint density at radius 2 is 2.25 bits per heavy atom. The van der Waals surface area contributed by atoms with Crippen molar-refractivity contribution in [3.05, 3.63) is 29.6 Å². The van der Waals surface area contributed by atoms with Gasteiger partial charge in [0.25, 0.3) is 5.91 Å². The van der Waals surface area contributed by atoms with Crippen molar-refractivity contribution >= 4 is 5.91 Å². The Labute approximate surface area is 92.1 Å². The van der Waals surface area contributed by atoms with Crippen molar-refractivity contribution in [2.24, 2.45) is 0 Å². The van der Waals surface area contributed by atoms with E-state index >= 15 is 0 Å². The van der Waals surface area contributed by atoms with Crippen LogP contribution >= 0.6 is 0 Å². The second kappa shape index (κ2) is 4.15. The van der Waals surface area contributed by atoms with E-state index in [0.29, 0.717) is 6.54 Å². The highest BCUT2D eigenvalue weighted by Crippen LogP contribution is 2.28. The predicted octanol–water partition coefficient (Wildman–Crippen LogP) is 1.98. The van der Waals surface area contributed by atoms with Gasteiger partial charge in [-0.05, 0) is 25.8 Å². The van der Waals surface area contributed by atoms with E-state index < -0.39 is 17.7 Å². The van der Waals surface area contributed by atoms with E-state index in [1.807, 2.05) is 6.92 Å². The topological polar surface area (TPSA) is 33.2 Å². The van der Waals surface area contributed by atoms with Gasteiger partial charge >= 0.3 is 0 Å². The molecule has 2 rings (SSSR count). The Bertz CT molecular complexity index is 418. The third-order valence-electron chi connectivity index (χ3n) is 2.67. The molecule has 1 amide bonds. The molecule has 16 heavy (non-hydrogen) atoms. The molecule has 0 saturated heterocycles. The molecule has 1 saturated carbocycles. The summed E-state index contributed by atoms with van der Waals surface area (Å²) in [5.41, 5.74) is -0.235. The number of carbonyl (C=O) groups excluding carboxylic acids is 1. The summed E-state index contributed by atoms with van der Waals surface area (Å²) in [5, 5.41) is 0. The second-order valence-corrected chi connectivity index (χ2v) is 3.79.